The molecule has 0 saturated heterocycles. The Hall–Kier alpha value is -2.06. The topological polar surface area (TPSA) is 78.5 Å². The summed E-state index contributed by atoms with van der Waals surface area (Å²) >= 11 is 3.41. The Kier molecular flexibility index (Phi) is 6.06. The van der Waals surface area contributed by atoms with E-state index in [1.807, 2.05) is 19.1 Å². The number of nitrogens with zero attached hydrogens (tertiary/aromatic N) is 1. The first-order valence-electron chi connectivity index (χ1n) is 10.3. The zero-order chi connectivity index (χ0) is 21.3. The van der Waals surface area contributed by atoms with Crippen molar-refractivity contribution in [1.29, 1.82) is 0 Å². The first-order valence-corrected chi connectivity index (χ1v) is 12.6. The van der Waals surface area contributed by atoms with Crippen molar-refractivity contribution in [2.24, 2.45) is 0 Å². The Morgan fingerprint density at radius 3 is 2.60 bits per heavy atom. The molecule has 2 aliphatic rings. The van der Waals surface area contributed by atoms with Crippen LogP contribution in [0.5, 0.6) is 0 Å². The normalized spacial score (nSPS) is 16.9. The molecule has 4 rings (SSSR count). The molecule has 160 valence electrons. The number of carbonyl (C=O) groups is 1. The highest BCUT2D eigenvalue weighted by Gasteiger charge is 2.28. The van der Waals surface area contributed by atoms with Gasteiger partial charge in [-0.15, -0.1) is 0 Å². The summed E-state index contributed by atoms with van der Waals surface area (Å²) in [6.45, 7) is 2.51. The molecule has 0 aromatic heterocycles. The van der Waals surface area contributed by atoms with Crippen LogP contribution in [-0.4, -0.2) is 27.0 Å². The largest absolute Gasteiger partial charge is 0.335 e. The molecule has 0 unspecified atom stereocenters. The van der Waals surface area contributed by atoms with E-state index in [9.17, 15) is 13.2 Å². The Morgan fingerprint density at radius 1 is 1.10 bits per heavy atom. The summed E-state index contributed by atoms with van der Waals surface area (Å²) in [4.78, 5) is 14.7. The summed E-state index contributed by atoms with van der Waals surface area (Å²) in [6.07, 6.45) is 6.27. The summed E-state index contributed by atoms with van der Waals surface area (Å²) in [5.74, 6) is 0. The van der Waals surface area contributed by atoms with Crippen LogP contribution in [0.3, 0.4) is 0 Å². The van der Waals surface area contributed by atoms with Gasteiger partial charge in [0, 0.05) is 22.7 Å². The molecule has 2 aromatic carbocycles. The molecule has 2 amide bonds. The predicted molar refractivity (Wildman–Crippen MR) is 123 cm³/mol. The van der Waals surface area contributed by atoms with Gasteiger partial charge < -0.3 is 5.32 Å². The lowest BCUT2D eigenvalue weighted by molar-refractivity contribution is 0.238. The van der Waals surface area contributed by atoms with Gasteiger partial charge in [-0.2, -0.15) is 0 Å². The Labute approximate surface area is 186 Å². The number of benzene rings is 2. The SMILES string of the molecule is Cc1ccc(NS(=O)(=O)c2ccc3c(c2)CCN3C(=O)NC2CCCCC2)c(Br)c1. The van der Waals surface area contributed by atoms with Crippen LogP contribution < -0.4 is 14.9 Å². The third-order valence-electron chi connectivity index (χ3n) is 5.80. The Bertz CT molecular complexity index is 1070. The first-order chi connectivity index (χ1) is 14.3. The van der Waals surface area contributed by atoms with E-state index in [0.29, 0.717) is 23.1 Å². The third kappa shape index (κ3) is 4.49. The second kappa shape index (κ2) is 8.59. The monoisotopic (exact) mass is 491 g/mol. The summed E-state index contributed by atoms with van der Waals surface area (Å²) < 4.78 is 29.1. The number of nitrogens with one attached hydrogen (secondary N) is 2. The van der Waals surface area contributed by atoms with E-state index in [1.165, 1.54) is 6.42 Å². The van der Waals surface area contributed by atoms with Gasteiger partial charge in [-0.3, -0.25) is 9.62 Å². The van der Waals surface area contributed by atoms with E-state index in [0.717, 1.165) is 42.5 Å². The number of carbonyl (C=O) groups excluding carboxylic acids is 1. The molecule has 6 nitrogen and oxygen atoms in total. The Balaban J connectivity index is 1.50. The van der Waals surface area contributed by atoms with Crippen molar-refractivity contribution in [2.75, 3.05) is 16.2 Å². The molecule has 1 saturated carbocycles. The van der Waals surface area contributed by atoms with Gasteiger partial charge in [-0.25, -0.2) is 13.2 Å². The van der Waals surface area contributed by atoms with Crippen molar-refractivity contribution in [1.82, 2.24) is 5.32 Å². The highest BCUT2D eigenvalue weighted by molar-refractivity contribution is 9.10. The van der Waals surface area contributed by atoms with Gasteiger partial charge in [0.15, 0.2) is 0 Å². The highest BCUT2D eigenvalue weighted by Crippen LogP contribution is 2.32. The second-order valence-corrected chi connectivity index (χ2v) is 10.6. The van der Waals surface area contributed by atoms with Crippen molar-refractivity contribution in [3.8, 4) is 0 Å². The number of hydrogen-bond acceptors (Lipinski definition) is 3. The number of urea groups is 1. The van der Waals surface area contributed by atoms with Gasteiger partial charge in [0.25, 0.3) is 10.0 Å². The minimum Gasteiger partial charge on any atom is -0.335 e. The minimum absolute atomic E-state index is 0.0852. The van der Waals surface area contributed by atoms with Gasteiger partial charge >= 0.3 is 6.03 Å². The number of rotatable bonds is 4. The molecule has 30 heavy (non-hydrogen) atoms. The van der Waals surface area contributed by atoms with Crippen molar-refractivity contribution in [3.63, 3.8) is 0 Å². The number of hydrogen-bond donors (Lipinski definition) is 2. The first kappa shape index (κ1) is 21.2. The minimum atomic E-state index is -3.73. The van der Waals surface area contributed by atoms with Crippen molar-refractivity contribution >= 4 is 43.4 Å². The van der Waals surface area contributed by atoms with E-state index in [1.54, 1.807) is 29.2 Å². The standard InChI is InChI=1S/C22H26BrN3O3S/c1-15-7-9-20(19(23)13-15)25-30(28,29)18-8-10-21-16(14-18)11-12-26(21)22(27)24-17-5-3-2-4-6-17/h7-10,13-14,17,25H,2-6,11-12H2,1H3,(H,24,27). The molecule has 2 N–H and O–H groups in total. The van der Waals surface area contributed by atoms with Crippen LogP contribution in [0.2, 0.25) is 0 Å². The lowest BCUT2D eigenvalue weighted by atomic mass is 9.96. The molecule has 0 spiro atoms. The summed E-state index contributed by atoms with van der Waals surface area (Å²) in [6, 6.07) is 10.6. The maximum atomic E-state index is 12.9. The van der Waals surface area contributed by atoms with E-state index in [2.05, 4.69) is 26.0 Å². The molecule has 1 aliphatic carbocycles. The zero-order valence-corrected chi connectivity index (χ0v) is 19.4. The third-order valence-corrected chi connectivity index (χ3v) is 7.82. The van der Waals surface area contributed by atoms with E-state index in [-0.39, 0.29) is 17.0 Å². The fraction of sp³-hybridized carbons (Fsp3) is 0.409. The lowest BCUT2D eigenvalue weighted by Gasteiger charge is -2.26. The Morgan fingerprint density at radius 2 is 1.87 bits per heavy atom. The zero-order valence-electron chi connectivity index (χ0n) is 16.9. The van der Waals surface area contributed by atoms with Crippen LogP contribution in [0.15, 0.2) is 45.8 Å². The fourth-order valence-corrected chi connectivity index (χ4v) is 6.02. The number of fused-ring (bicyclic) bond motifs is 1. The smallest absolute Gasteiger partial charge is 0.322 e. The van der Waals surface area contributed by atoms with Gasteiger partial charge in [0.05, 0.1) is 10.6 Å². The quantitative estimate of drug-likeness (QED) is 0.633. The molecule has 1 heterocycles. The van der Waals surface area contributed by atoms with Gasteiger partial charge in [0.2, 0.25) is 0 Å². The summed E-state index contributed by atoms with van der Waals surface area (Å²) in [7, 11) is -3.73. The summed E-state index contributed by atoms with van der Waals surface area (Å²) in [5, 5.41) is 3.14. The molecule has 0 bridgehead atoms. The number of anilines is 2. The summed E-state index contributed by atoms with van der Waals surface area (Å²) in [5.41, 5.74) is 3.20. The van der Waals surface area contributed by atoms with E-state index >= 15 is 0 Å². The van der Waals surface area contributed by atoms with Gasteiger partial charge in [0.1, 0.15) is 0 Å². The average Bonchev–Trinajstić information content (AvgIpc) is 3.14. The molecule has 0 atom stereocenters. The van der Waals surface area contributed by atoms with E-state index in [4.69, 9.17) is 0 Å². The molecular weight excluding hydrogens is 466 g/mol. The van der Waals surface area contributed by atoms with Gasteiger partial charge in [-0.05, 0) is 83.6 Å². The van der Waals surface area contributed by atoms with Crippen molar-refractivity contribution < 1.29 is 13.2 Å². The number of amides is 2. The van der Waals surface area contributed by atoms with Gasteiger partial charge in [-0.1, -0.05) is 25.3 Å². The average molecular weight is 492 g/mol. The predicted octanol–water partition coefficient (Wildman–Crippen LogP) is 4.96. The maximum Gasteiger partial charge on any atom is 0.322 e. The van der Waals surface area contributed by atoms with Crippen LogP contribution in [0.4, 0.5) is 16.2 Å². The molecule has 0 radical (unpaired) electrons. The molecule has 1 fully saturated rings. The van der Waals surface area contributed by atoms with Crippen LogP contribution >= 0.6 is 15.9 Å². The molecular formula is C22H26BrN3O3S. The van der Waals surface area contributed by atoms with Crippen LogP contribution in [-0.2, 0) is 16.4 Å². The number of halogens is 1. The van der Waals surface area contributed by atoms with Crippen LogP contribution in [0.1, 0.15) is 43.2 Å². The van der Waals surface area contributed by atoms with Crippen molar-refractivity contribution in [2.45, 2.75) is 56.4 Å². The van der Waals surface area contributed by atoms with E-state index < -0.39 is 10.0 Å². The number of aryl methyl sites for hydroxylation is 1. The number of sulfonamides is 1. The lowest BCUT2D eigenvalue weighted by Crippen LogP contribution is -2.45. The molecule has 1 aliphatic heterocycles. The fourth-order valence-electron chi connectivity index (χ4n) is 4.16. The van der Waals surface area contributed by atoms with Crippen molar-refractivity contribution in [3.05, 3.63) is 52.0 Å². The second-order valence-electron chi connectivity index (χ2n) is 8.07. The molecule has 2 aromatic rings. The molecule has 8 heteroatoms. The van der Waals surface area contributed by atoms with Crippen LogP contribution in [0.25, 0.3) is 0 Å². The van der Waals surface area contributed by atoms with Crippen LogP contribution in [0, 0.1) is 6.92 Å². The maximum absolute atomic E-state index is 12.9. The highest BCUT2D eigenvalue weighted by atomic mass is 79.9.